The van der Waals surface area contributed by atoms with Crippen molar-refractivity contribution in [1.82, 2.24) is 14.9 Å². The molecular weight excluding hydrogens is 228 g/mol. The standard InChI is InChI=1S/C13H24N4O/c1-6-7-10(2)12(18)14-8-11-9-15-13(16(3)4)17(11)5/h9-10H,6-8H2,1-5H3,(H,14,18). The molecule has 0 aliphatic carbocycles. The molecule has 0 spiro atoms. The Labute approximate surface area is 109 Å². The molecule has 5 nitrogen and oxygen atoms in total. The van der Waals surface area contributed by atoms with Crippen molar-refractivity contribution < 1.29 is 4.79 Å². The highest BCUT2D eigenvalue weighted by atomic mass is 16.1. The minimum atomic E-state index is 0.0801. The van der Waals surface area contributed by atoms with Crippen molar-refractivity contribution in [3.63, 3.8) is 0 Å². The number of rotatable bonds is 6. The summed E-state index contributed by atoms with van der Waals surface area (Å²) in [6, 6.07) is 0. The Bertz CT molecular complexity index is 398. The van der Waals surface area contributed by atoms with E-state index in [1.165, 1.54) is 0 Å². The van der Waals surface area contributed by atoms with Crippen molar-refractivity contribution in [2.24, 2.45) is 13.0 Å². The van der Waals surface area contributed by atoms with Crippen LogP contribution in [-0.4, -0.2) is 29.6 Å². The summed E-state index contributed by atoms with van der Waals surface area (Å²) in [6.07, 6.45) is 3.77. The van der Waals surface area contributed by atoms with Gasteiger partial charge in [0.2, 0.25) is 11.9 Å². The quantitative estimate of drug-likeness (QED) is 0.835. The number of imidazole rings is 1. The number of hydrogen-bond donors (Lipinski definition) is 1. The van der Waals surface area contributed by atoms with Crippen LogP contribution in [0.5, 0.6) is 0 Å². The highest BCUT2D eigenvalue weighted by molar-refractivity contribution is 5.78. The van der Waals surface area contributed by atoms with Gasteiger partial charge in [0.15, 0.2) is 0 Å². The molecule has 0 fully saturated rings. The zero-order chi connectivity index (χ0) is 13.7. The molecule has 0 radical (unpaired) electrons. The number of nitrogens with one attached hydrogen (secondary N) is 1. The molecule has 1 aromatic heterocycles. The van der Waals surface area contributed by atoms with E-state index >= 15 is 0 Å². The fraction of sp³-hybridized carbons (Fsp3) is 0.692. The molecule has 1 unspecified atom stereocenters. The zero-order valence-corrected chi connectivity index (χ0v) is 12.0. The Hall–Kier alpha value is -1.52. The van der Waals surface area contributed by atoms with E-state index < -0.39 is 0 Å². The van der Waals surface area contributed by atoms with Crippen molar-refractivity contribution in [3.05, 3.63) is 11.9 Å². The first kappa shape index (κ1) is 14.5. The van der Waals surface area contributed by atoms with Gasteiger partial charge in [0.1, 0.15) is 0 Å². The van der Waals surface area contributed by atoms with Crippen LogP contribution >= 0.6 is 0 Å². The van der Waals surface area contributed by atoms with Crippen LogP contribution in [0.25, 0.3) is 0 Å². The van der Waals surface area contributed by atoms with E-state index in [2.05, 4.69) is 17.2 Å². The van der Waals surface area contributed by atoms with E-state index in [0.29, 0.717) is 6.54 Å². The van der Waals surface area contributed by atoms with Gasteiger partial charge in [-0.05, 0) is 6.42 Å². The Morgan fingerprint density at radius 1 is 1.56 bits per heavy atom. The summed E-state index contributed by atoms with van der Waals surface area (Å²) in [5.41, 5.74) is 1.01. The fourth-order valence-corrected chi connectivity index (χ4v) is 1.93. The summed E-state index contributed by atoms with van der Waals surface area (Å²) in [6.45, 7) is 4.59. The van der Waals surface area contributed by atoms with E-state index in [1.807, 2.05) is 37.5 Å². The monoisotopic (exact) mass is 252 g/mol. The van der Waals surface area contributed by atoms with Gasteiger partial charge in [0.25, 0.3) is 0 Å². The normalized spacial score (nSPS) is 12.3. The summed E-state index contributed by atoms with van der Waals surface area (Å²) in [5.74, 6) is 1.09. The molecule has 1 rings (SSSR count). The van der Waals surface area contributed by atoms with Crippen molar-refractivity contribution >= 4 is 11.9 Å². The molecule has 0 aliphatic heterocycles. The van der Waals surface area contributed by atoms with Crippen molar-refractivity contribution in [2.75, 3.05) is 19.0 Å². The summed E-state index contributed by atoms with van der Waals surface area (Å²) in [7, 11) is 5.86. The molecule has 1 heterocycles. The maximum atomic E-state index is 11.8. The molecule has 1 atom stereocenters. The molecule has 0 saturated carbocycles. The predicted molar refractivity (Wildman–Crippen MR) is 73.5 cm³/mol. The summed E-state index contributed by atoms with van der Waals surface area (Å²) in [5, 5.41) is 2.96. The van der Waals surface area contributed by atoms with Crippen LogP contribution in [0.2, 0.25) is 0 Å². The summed E-state index contributed by atoms with van der Waals surface area (Å²) < 4.78 is 1.99. The van der Waals surface area contributed by atoms with Gasteiger partial charge in [-0.2, -0.15) is 0 Å². The number of amides is 1. The van der Waals surface area contributed by atoms with Crippen molar-refractivity contribution in [1.29, 1.82) is 0 Å². The van der Waals surface area contributed by atoms with Gasteiger partial charge >= 0.3 is 0 Å². The molecule has 0 aliphatic rings. The lowest BCUT2D eigenvalue weighted by molar-refractivity contribution is -0.124. The summed E-state index contributed by atoms with van der Waals surface area (Å²) >= 11 is 0. The van der Waals surface area contributed by atoms with Gasteiger partial charge in [-0.15, -0.1) is 0 Å². The van der Waals surface area contributed by atoms with Gasteiger partial charge < -0.3 is 14.8 Å². The lowest BCUT2D eigenvalue weighted by Crippen LogP contribution is -2.29. The minimum Gasteiger partial charge on any atom is -0.350 e. The molecule has 102 valence electrons. The second-order valence-corrected chi connectivity index (χ2v) is 4.91. The van der Waals surface area contributed by atoms with Crippen LogP contribution in [0.4, 0.5) is 5.95 Å². The van der Waals surface area contributed by atoms with Crippen LogP contribution in [0.15, 0.2) is 6.20 Å². The molecule has 0 bridgehead atoms. The Balaban J connectivity index is 2.56. The largest absolute Gasteiger partial charge is 0.350 e. The van der Waals surface area contributed by atoms with Crippen LogP contribution in [0.3, 0.4) is 0 Å². The molecular formula is C13H24N4O. The van der Waals surface area contributed by atoms with E-state index in [0.717, 1.165) is 24.5 Å². The van der Waals surface area contributed by atoms with Crippen LogP contribution in [0, 0.1) is 5.92 Å². The van der Waals surface area contributed by atoms with Gasteiger partial charge in [0.05, 0.1) is 18.4 Å². The molecule has 1 aromatic rings. The van der Waals surface area contributed by atoms with E-state index in [9.17, 15) is 4.79 Å². The maximum Gasteiger partial charge on any atom is 0.223 e. The van der Waals surface area contributed by atoms with Crippen LogP contribution in [-0.2, 0) is 18.4 Å². The average molecular weight is 252 g/mol. The SMILES string of the molecule is CCCC(C)C(=O)NCc1cnc(N(C)C)n1C. The fourth-order valence-electron chi connectivity index (χ4n) is 1.93. The summed E-state index contributed by atoms with van der Waals surface area (Å²) in [4.78, 5) is 18.1. The van der Waals surface area contributed by atoms with Gasteiger partial charge in [-0.25, -0.2) is 4.98 Å². The Morgan fingerprint density at radius 3 is 2.72 bits per heavy atom. The van der Waals surface area contributed by atoms with E-state index in [-0.39, 0.29) is 11.8 Å². The lowest BCUT2D eigenvalue weighted by atomic mass is 10.1. The Kier molecular flexibility index (Phi) is 5.19. The maximum absolute atomic E-state index is 11.8. The number of aromatic nitrogens is 2. The number of carbonyl (C=O) groups excluding carboxylic acids is 1. The minimum absolute atomic E-state index is 0.0801. The van der Waals surface area contributed by atoms with E-state index in [1.54, 1.807) is 6.20 Å². The number of carbonyl (C=O) groups is 1. The molecule has 5 heteroatoms. The zero-order valence-electron chi connectivity index (χ0n) is 12.0. The molecule has 18 heavy (non-hydrogen) atoms. The number of hydrogen-bond acceptors (Lipinski definition) is 3. The average Bonchev–Trinajstić information content (AvgIpc) is 2.68. The third kappa shape index (κ3) is 3.48. The Morgan fingerprint density at radius 2 is 2.22 bits per heavy atom. The highest BCUT2D eigenvalue weighted by Gasteiger charge is 2.13. The van der Waals surface area contributed by atoms with Crippen LogP contribution in [0.1, 0.15) is 32.4 Å². The first-order valence-electron chi connectivity index (χ1n) is 6.43. The first-order valence-corrected chi connectivity index (χ1v) is 6.43. The number of anilines is 1. The second kappa shape index (κ2) is 6.42. The van der Waals surface area contributed by atoms with Crippen molar-refractivity contribution in [3.8, 4) is 0 Å². The van der Waals surface area contributed by atoms with Crippen molar-refractivity contribution in [2.45, 2.75) is 33.2 Å². The molecule has 1 N–H and O–H groups in total. The molecule has 0 saturated heterocycles. The molecule has 0 aromatic carbocycles. The first-order chi connectivity index (χ1) is 8.47. The lowest BCUT2D eigenvalue weighted by Gasteiger charge is -2.14. The third-order valence-corrected chi connectivity index (χ3v) is 3.07. The second-order valence-electron chi connectivity index (χ2n) is 4.91. The topological polar surface area (TPSA) is 50.2 Å². The van der Waals surface area contributed by atoms with E-state index in [4.69, 9.17) is 0 Å². The molecule has 1 amide bonds. The van der Waals surface area contributed by atoms with Crippen LogP contribution < -0.4 is 10.2 Å². The van der Waals surface area contributed by atoms with Gasteiger partial charge in [0, 0.05) is 27.1 Å². The highest BCUT2D eigenvalue weighted by Crippen LogP contribution is 2.11. The smallest absolute Gasteiger partial charge is 0.223 e. The third-order valence-electron chi connectivity index (χ3n) is 3.07. The van der Waals surface area contributed by atoms with Gasteiger partial charge in [-0.1, -0.05) is 20.3 Å². The van der Waals surface area contributed by atoms with Gasteiger partial charge in [-0.3, -0.25) is 4.79 Å². The number of nitrogens with zero attached hydrogens (tertiary/aromatic N) is 3. The predicted octanol–water partition coefficient (Wildman–Crippen LogP) is 1.54.